The Hall–Kier alpha value is -0.520. The van der Waals surface area contributed by atoms with E-state index in [1.54, 1.807) is 23.1 Å². The predicted octanol–water partition coefficient (Wildman–Crippen LogP) is 2.43. The molecule has 0 aliphatic carbocycles. The SMILES string of the molecule is C[C@H]1C[C@H]2CSC(N)=N[C@@]2(c2ccsc2)CO1. The summed E-state index contributed by atoms with van der Waals surface area (Å²) in [7, 11) is 0. The lowest BCUT2D eigenvalue weighted by molar-refractivity contribution is -0.0464. The van der Waals surface area contributed by atoms with Gasteiger partial charge in [0, 0.05) is 11.7 Å². The highest BCUT2D eigenvalue weighted by Crippen LogP contribution is 2.46. The van der Waals surface area contributed by atoms with Crippen LogP contribution in [0.15, 0.2) is 21.8 Å². The molecule has 3 rings (SSSR count). The first kappa shape index (κ1) is 11.6. The van der Waals surface area contributed by atoms with Crippen molar-refractivity contribution in [3.05, 3.63) is 22.4 Å². The van der Waals surface area contributed by atoms with Gasteiger partial charge in [-0.15, -0.1) is 0 Å². The van der Waals surface area contributed by atoms with Gasteiger partial charge in [-0.3, -0.25) is 0 Å². The van der Waals surface area contributed by atoms with Gasteiger partial charge in [-0.1, -0.05) is 11.8 Å². The molecule has 0 aromatic carbocycles. The standard InChI is InChI=1S/C12H16N2OS2/c1-8-4-10-6-17-11(13)14-12(10,7-15-8)9-2-3-16-5-9/h2-3,5,8,10H,4,6-7H2,1H3,(H2,13,14)/t8-,10-,12+/m0/s1. The zero-order chi connectivity index (χ0) is 11.9. The minimum atomic E-state index is -0.220. The second-order valence-electron chi connectivity index (χ2n) is 4.75. The highest BCUT2D eigenvalue weighted by molar-refractivity contribution is 8.13. The van der Waals surface area contributed by atoms with Crippen LogP contribution in [-0.2, 0) is 10.3 Å². The lowest BCUT2D eigenvalue weighted by Crippen LogP contribution is -2.49. The van der Waals surface area contributed by atoms with E-state index in [9.17, 15) is 0 Å². The van der Waals surface area contributed by atoms with Crippen LogP contribution in [0.4, 0.5) is 0 Å². The van der Waals surface area contributed by atoms with E-state index in [0.29, 0.717) is 23.8 Å². The number of thiophene rings is 1. The summed E-state index contributed by atoms with van der Waals surface area (Å²) in [6.45, 7) is 2.81. The van der Waals surface area contributed by atoms with Crippen molar-refractivity contribution in [3.8, 4) is 0 Å². The average Bonchev–Trinajstić information content (AvgIpc) is 2.83. The Labute approximate surface area is 109 Å². The van der Waals surface area contributed by atoms with E-state index < -0.39 is 0 Å². The number of nitrogens with zero attached hydrogens (tertiary/aromatic N) is 1. The molecule has 0 radical (unpaired) electrons. The third kappa shape index (κ3) is 1.90. The highest BCUT2D eigenvalue weighted by atomic mass is 32.2. The van der Waals surface area contributed by atoms with Crippen LogP contribution in [0.25, 0.3) is 0 Å². The van der Waals surface area contributed by atoms with E-state index in [4.69, 9.17) is 15.5 Å². The van der Waals surface area contributed by atoms with Crippen LogP contribution in [0.2, 0.25) is 0 Å². The van der Waals surface area contributed by atoms with Gasteiger partial charge in [0.05, 0.1) is 12.7 Å². The Kier molecular flexibility index (Phi) is 2.92. The molecule has 2 aliphatic heterocycles. The molecule has 0 unspecified atom stereocenters. The minimum absolute atomic E-state index is 0.220. The van der Waals surface area contributed by atoms with Crippen LogP contribution < -0.4 is 5.73 Å². The first-order valence-electron chi connectivity index (χ1n) is 5.83. The van der Waals surface area contributed by atoms with Crippen LogP contribution in [0, 0.1) is 5.92 Å². The third-order valence-corrected chi connectivity index (χ3v) is 5.28. The fraction of sp³-hybridized carbons (Fsp3) is 0.583. The minimum Gasteiger partial charge on any atom is -0.379 e. The molecule has 0 bridgehead atoms. The number of ether oxygens (including phenoxy) is 1. The third-order valence-electron chi connectivity index (χ3n) is 3.64. The van der Waals surface area contributed by atoms with Crippen molar-refractivity contribution in [2.45, 2.75) is 25.0 Å². The summed E-state index contributed by atoms with van der Waals surface area (Å²) in [4.78, 5) is 4.75. The van der Waals surface area contributed by atoms with Gasteiger partial charge in [0.15, 0.2) is 5.17 Å². The smallest absolute Gasteiger partial charge is 0.154 e. The maximum Gasteiger partial charge on any atom is 0.154 e. The van der Waals surface area contributed by atoms with Crippen molar-refractivity contribution in [1.29, 1.82) is 0 Å². The van der Waals surface area contributed by atoms with Crippen LogP contribution in [0.1, 0.15) is 18.9 Å². The summed E-state index contributed by atoms with van der Waals surface area (Å²) < 4.78 is 5.86. The summed E-state index contributed by atoms with van der Waals surface area (Å²) in [5.41, 5.74) is 6.97. The van der Waals surface area contributed by atoms with Crippen molar-refractivity contribution in [2.24, 2.45) is 16.6 Å². The van der Waals surface area contributed by atoms with Crippen LogP contribution in [-0.4, -0.2) is 23.6 Å². The summed E-state index contributed by atoms with van der Waals surface area (Å²) in [5.74, 6) is 1.59. The quantitative estimate of drug-likeness (QED) is 0.851. The van der Waals surface area contributed by atoms with Crippen LogP contribution >= 0.6 is 23.1 Å². The lowest BCUT2D eigenvalue weighted by atomic mass is 9.76. The van der Waals surface area contributed by atoms with Crippen molar-refractivity contribution < 1.29 is 4.74 Å². The summed E-state index contributed by atoms with van der Waals surface area (Å²) in [6.07, 6.45) is 1.40. The Morgan fingerprint density at radius 1 is 1.59 bits per heavy atom. The van der Waals surface area contributed by atoms with Crippen LogP contribution in [0.5, 0.6) is 0 Å². The Bertz CT molecular complexity index is 432. The molecule has 1 saturated heterocycles. The number of hydrogen-bond acceptors (Lipinski definition) is 5. The predicted molar refractivity (Wildman–Crippen MR) is 73.6 cm³/mol. The normalized spacial score (nSPS) is 37.4. The van der Waals surface area contributed by atoms with E-state index in [2.05, 4.69) is 23.8 Å². The fourth-order valence-corrected chi connectivity index (χ4v) is 4.43. The summed E-state index contributed by atoms with van der Waals surface area (Å²) >= 11 is 3.39. The Morgan fingerprint density at radius 2 is 2.47 bits per heavy atom. The monoisotopic (exact) mass is 268 g/mol. The number of aliphatic imine (C=N–C) groups is 1. The van der Waals surface area contributed by atoms with E-state index >= 15 is 0 Å². The molecular formula is C12H16N2OS2. The van der Waals surface area contributed by atoms with Crippen molar-refractivity contribution in [2.75, 3.05) is 12.4 Å². The van der Waals surface area contributed by atoms with Gasteiger partial charge in [0.2, 0.25) is 0 Å². The Morgan fingerprint density at radius 3 is 3.24 bits per heavy atom. The molecule has 3 heterocycles. The zero-order valence-corrected chi connectivity index (χ0v) is 11.4. The lowest BCUT2D eigenvalue weighted by Gasteiger charge is -2.45. The van der Waals surface area contributed by atoms with E-state index in [-0.39, 0.29) is 5.54 Å². The van der Waals surface area contributed by atoms with Gasteiger partial charge in [0.1, 0.15) is 5.54 Å². The maximum absolute atomic E-state index is 5.93. The van der Waals surface area contributed by atoms with Gasteiger partial charge < -0.3 is 10.5 Å². The van der Waals surface area contributed by atoms with E-state index in [1.807, 2.05) is 0 Å². The number of fused-ring (bicyclic) bond motifs is 1. The van der Waals surface area contributed by atoms with Gasteiger partial charge >= 0.3 is 0 Å². The maximum atomic E-state index is 5.93. The number of hydrogen-bond donors (Lipinski definition) is 1. The average molecular weight is 268 g/mol. The summed E-state index contributed by atoms with van der Waals surface area (Å²) in [5, 5.41) is 4.98. The number of amidine groups is 1. The highest BCUT2D eigenvalue weighted by Gasteiger charge is 2.47. The number of thioether (sulfide) groups is 1. The van der Waals surface area contributed by atoms with Crippen molar-refractivity contribution in [3.63, 3.8) is 0 Å². The molecule has 1 aromatic heterocycles. The van der Waals surface area contributed by atoms with Gasteiger partial charge in [-0.05, 0) is 35.7 Å². The molecular weight excluding hydrogens is 252 g/mol. The summed E-state index contributed by atoms with van der Waals surface area (Å²) in [6, 6.07) is 2.16. The molecule has 1 aromatic rings. The first-order chi connectivity index (χ1) is 8.21. The molecule has 0 spiro atoms. The molecule has 3 nitrogen and oxygen atoms in total. The molecule has 2 N–H and O–H groups in total. The Balaban J connectivity index is 2.04. The van der Waals surface area contributed by atoms with E-state index in [0.717, 1.165) is 12.2 Å². The van der Waals surface area contributed by atoms with Gasteiger partial charge in [0.25, 0.3) is 0 Å². The van der Waals surface area contributed by atoms with Gasteiger partial charge in [-0.25, -0.2) is 4.99 Å². The zero-order valence-electron chi connectivity index (χ0n) is 9.76. The van der Waals surface area contributed by atoms with Crippen molar-refractivity contribution >= 4 is 28.3 Å². The first-order valence-corrected chi connectivity index (χ1v) is 7.76. The molecule has 5 heteroatoms. The second-order valence-corrected chi connectivity index (χ2v) is 6.57. The molecule has 2 aliphatic rings. The molecule has 92 valence electrons. The fourth-order valence-electron chi connectivity index (χ4n) is 2.69. The van der Waals surface area contributed by atoms with Crippen molar-refractivity contribution in [1.82, 2.24) is 0 Å². The number of rotatable bonds is 1. The van der Waals surface area contributed by atoms with Gasteiger partial charge in [-0.2, -0.15) is 11.3 Å². The molecule has 1 fully saturated rings. The van der Waals surface area contributed by atoms with E-state index in [1.165, 1.54) is 5.56 Å². The number of nitrogens with two attached hydrogens (primary N) is 1. The van der Waals surface area contributed by atoms with Crippen LogP contribution in [0.3, 0.4) is 0 Å². The molecule has 0 saturated carbocycles. The largest absolute Gasteiger partial charge is 0.379 e. The molecule has 17 heavy (non-hydrogen) atoms. The molecule has 0 amide bonds. The molecule has 3 atom stereocenters. The second kappa shape index (κ2) is 4.30. The topological polar surface area (TPSA) is 47.6 Å².